The first-order valence-electron chi connectivity index (χ1n) is 8.94. The Morgan fingerprint density at radius 2 is 1.61 bits per heavy atom. The highest BCUT2D eigenvalue weighted by Crippen LogP contribution is 2.40. The molecule has 0 aliphatic carbocycles. The average molecular weight is 387 g/mol. The lowest BCUT2D eigenvalue weighted by molar-refractivity contribution is 0.0657. The fourth-order valence-electron chi connectivity index (χ4n) is 2.99. The number of amides is 1. The van der Waals surface area contributed by atoms with Gasteiger partial charge in [-0.1, -0.05) is 0 Å². The summed E-state index contributed by atoms with van der Waals surface area (Å²) >= 11 is 0. The third kappa shape index (κ3) is 4.25. The van der Waals surface area contributed by atoms with Crippen LogP contribution in [0.15, 0.2) is 24.3 Å². The van der Waals surface area contributed by atoms with Crippen molar-refractivity contribution in [3.63, 3.8) is 0 Å². The monoisotopic (exact) mass is 387 g/mol. The number of hydrogen-bond acceptors (Lipinski definition) is 8. The van der Waals surface area contributed by atoms with Crippen molar-refractivity contribution in [1.29, 1.82) is 0 Å². The summed E-state index contributed by atoms with van der Waals surface area (Å²) in [6, 6.07) is 6.94. The van der Waals surface area contributed by atoms with Gasteiger partial charge in [-0.25, -0.2) is 0 Å². The largest absolute Gasteiger partial charge is 0.493 e. The van der Waals surface area contributed by atoms with E-state index in [0.29, 0.717) is 47.5 Å². The van der Waals surface area contributed by atoms with Crippen LogP contribution in [0.25, 0.3) is 0 Å². The van der Waals surface area contributed by atoms with Crippen LogP contribution in [0.3, 0.4) is 0 Å². The number of hydrogen-bond donors (Lipinski definition) is 1. The number of ether oxygens (including phenoxy) is 3. The predicted octanol–water partition coefficient (Wildman–Crippen LogP) is 1.63. The molecule has 1 aliphatic rings. The summed E-state index contributed by atoms with van der Waals surface area (Å²) in [6.45, 7) is 3.12. The topological polar surface area (TPSA) is 89.1 Å². The SMILES string of the molecule is COc1cc(Nc2ccc(C(=O)N3CCN(C)CC3)nn2)cc(OC)c1OC. The zero-order valence-corrected chi connectivity index (χ0v) is 16.6. The first-order chi connectivity index (χ1) is 13.5. The molecule has 1 aliphatic heterocycles. The maximum Gasteiger partial charge on any atom is 0.274 e. The van der Waals surface area contributed by atoms with E-state index in [1.165, 1.54) is 0 Å². The number of anilines is 2. The van der Waals surface area contributed by atoms with Crippen LogP contribution < -0.4 is 19.5 Å². The molecule has 2 heterocycles. The molecule has 1 aromatic carbocycles. The molecule has 1 saturated heterocycles. The lowest BCUT2D eigenvalue weighted by atomic mass is 10.2. The van der Waals surface area contributed by atoms with E-state index in [4.69, 9.17) is 14.2 Å². The molecule has 2 aromatic rings. The smallest absolute Gasteiger partial charge is 0.274 e. The molecule has 3 rings (SSSR count). The van der Waals surface area contributed by atoms with E-state index in [1.54, 1.807) is 50.5 Å². The highest BCUT2D eigenvalue weighted by atomic mass is 16.5. The van der Waals surface area contributed by atoms with Crippen LogP contribution in [0, 0.1) is 0 Å². The van der Waals surface area contributed by atoms with Crippen molar-refractivity contribution in [3.8, 4) is 17.2 Å². The van der Waals surface area contributed by atoms with Crippen molar-refractivity contribution in [1.82, 2.24) is 20.0 Å². The first-order valence-corrected chi connectivity index (χ1v) is 8.94. The molecule has 1 amide bonds. The van der Waals surface area contributed by atoms with Crippen LogP contribution in [0.2, 0.25) is 0 Å². The first kappa shape index (κ1) is 19.7. The molecular weight excluding hydrogens is 362 g/mol. The van der Waals surface area contributed by atoms with Gasteiger partial charge in [0.05, 0.1) is 21.3 Å². The number of nitrogens with one attached hydrogen (secondary N) is 1. The maximum atomic E-state index is 12.6. The molecule has 1 fully saturated rings. The molecule has 0 spiro atoms. The minimum Gasteiger partial charge on any atom is -0.493 e. The highest BCUT2D eigenvalue weighted by Gasteiger charge is 2.21. The summed E-state index contributed by atoms with van der Waals surface area (Å²) in [5.41, 5.74) is 1.03. The summed E-state index contributed by atoms with van der Waals surface area (Å²) in [6.07, 6.45) is 0. The van der Waals surface area contributed by atoms with Gasteiger partial charge in [0, 0.05) is 44.0 Å². The molecular formula is C19H25N5O4. The maximum absolute atomic E-state index is 12.6. The van der Waals surface area contributed by atoms with Gasteiger partial charge in [-0.15, -0.1) is 10.2 Å². The number of methoxy groups -OCH3 is 3. The van der Waals surface area contributed by atoms with Crippen molar-refractivity contribution in [3.05, 3.63) is 30.0 Å². The lowest BCUT2D eigenvalue weighted by Crippen LogP contribution is -2.47. The molecule has 9 heteroatoms. The van der Waals surface area contributed by atoms with Gasteiger partial charge in [0.1, 0.15) is 0 Å². The minimum atomic E-state index is -0.0973. The number of rotatable bonds is 6. The van der Waals surface area contributed by atoms with Crippen LogP contribution >= 0.6 is 0 Å². The van der Waals surface area contributed by atoms with Crippen LogP contribution in [-0.2, 0) is 0 Å². The number of carbonyl (C=O) groups is 1. The van der Waals surface area contributed by atoms with E-state index >= 15 is 0 Å². The van der Waals surface area contributed by atoms with Gasteiger partial charge >= 0.3 is 0 Å². The van der Waals surface area contributed by atoms with Crippen LogP contribution in [-0.4, -0.2) is 80.5 Å². The highest BCUT2D eigenvalue weighted by molar-refractivity contribution is 5.92. The number of benzene rings is 1. The fourth-order valence-corrected chi connectivity index (χ4v) is 2.99. The van der Waals surface area contributed by atoms with Gasteiger partial charge in [0.2, 0.25) is 5.75 Å². The Morgan fingerprint density at radius 1 is 0.964 bits per heavy atom. The molecule has 150 valence electrons. The van der Waals surface area contributed by atoms with E-state index in [2.05, 4.69) is 20.4 Å². The predicted molar refractivity (Wildman–Crippen MR) is 105 cm³/mol. The van der Waals surface area contributed by atoms with Crippen molar-refractivity contribution in [2.45, 2.75) is 0 Å². The van der Waals surface area contributed by atoms with Gasteiger partial charge in [-0.05, 0) is 19.2 Å². The molecule has 0 atom stereocenters. The van der Waals surface area contributed by atoms with Crippen molar-refractivity contribution >= 4 is 17.4 Å². The van der Waals surface area contributed by atoms with Crippen molar-refractivity contribution in [2.75, 3.05) is 59.9 Å². The summed E-state index contributed by atoms with van der Waals surface area (Å²) in [5.74, 6) is 1.97. The molecule has 0 bridgehead atoms. The van der Waals surface area contributed by atoms with E-state index in [-0.39, 0.29) is 5.91 Å². The summed E-state index contributed by atoms with van der Waals surface area (Å²) in [4.78, 5) is 16.5. The van der Waals surface area contributed by atoms with Gasteiger partial charge < -0.3 is 29.3 Å². The Bertz CT molecular complexity index is 795. The molecule has 1 aromatic heterocycles. The Balaban J connectivity index is 1.73. The molecule has 9 nitrogen and oxygen atoms in total. The molecule has 0 radical (unpaired) electrons. The number of likely N-dealkylation sites (N-methyl/N-ethyl adjacent to an activating group) is 1. The Labute approximate surface area is 164 Å². The van der Waals surface area contributed by atoms with Crippen molar-refractivity contribution < 1.29 is 19.0 Å². The summed E-state index contributed by atoms with van der Waals surface area (Å²) in [7, 11) is 6.71. The zero-order chi connectivity index (χ0) is 20.1. The summed E-state index contributed by atoms with van der Waals surface area (Å²) in [5, 5.41) is 11.3. The minimum absolute atomic E-state index is 0.0973. The van der Waals surface area contributed by atoms with Gasteiger partial charge in [-0.2, -0.15) is 0 Å². The molecule has 0 saturated carbocycles. The van der Waals surface area contributed by atoms with E-state index in [9.17, 15) is 4.79 Å². The second kappa shape index (κ2) is 8.75. The number of carbonyl (C=O) groups excluding carboxylic acids is 1. The standard InChI is InChI=1S/C19H25N5O4/c1-23-7-9-24(10-8-23)19(25)14-5-6-17(22-21-14)20-13-11-15(26-2)18(28-4)16(12-13)27-3/h5-6,11-12H,7-10H2,1-4H3,(H,20,22). The normalized spacial score (nSPS) is 14.5. The average Bonchev–Trinajstić information content (AvgIpc) is 2.73. The molecule has 0 unspecified atom stereocenters. The fraction of sp³-hybridized carbons (Fsp3) is 0.421. The Hall–Kier alpha value is -3.07. The summed E-state index contributed by atoms with van der Waals surface area (Å²) < 4.78 is 16.0. The quantitative estimate of drug-likeness (QED) is 0.800. The number of nitrogens with zero attached hydrogens (tertiary/aromatic N) is 4. The Morgan fingerprint density at radius 3 is 2.11 bits per heavy atom. The lowest BCUT2D eigenvalue weighted by Gasteiger charge is -2.32. The van der Waals surface area contributed by atoms with Crippen LogP contribution in [0.5, 0.6) is 17.2 Å². The molecule has 28 heavy (non-hydrogen) atoms. The van der Waals surface area contributed by atoms with E-state index < -0.39 is 0 Å². The number of piperazine rings is 1. The third-order valence-corrected chi connectivity index (χ3v) is 4.61. The Kier molecular flexibility index (Phi) is 6.15. The second-order valence-corrected chi connectivity index (χ2v) is 6.44. The van der Waals surface area contributed by atoms with Crippen LogP contribution in [0.4, 0.5) is 11.5 Å². The van der Waals surface area contributed by atoms with Crippen molar-refractivity contribution in [2.24, 2.45) is 0 Å². The second-order valence-electron chi connectivity index (χ2n) is 6.44. The van der Waals surface area contributed by atoms with Gasteiger partial charge in [0.15, 0.2) is 23.0 Å². The van der Waals surface area contributed by atoms with E-state index in [1.807, 2.05) is 7.05 Å². The zero-order valence-electron chi connectivity index (χ0n) is 16.6. The third-order valence-electron chi connectivity index (χ3n) is 4.61. The molecule has 1 N–H and O–H groups in total. The van der Waals surface area contributed by atoms with E-state index in [0.717, 1.165) is 13.1 Å². The number of aromatic nitrogens is 2. The van der Waals surface area contributed by atoms with Gasteiger partial charge in [0.25, 0.3) is 5.91 Å². The van der Waals surface area contributed by atoms with Gasteiger partial charge in [-0.3, -0.25) is 4.79 Å². The van der Waals surface area contributed by atoms with Crippen LogP contribution in [0.1, 0.15) is 10.5 Å².